The van der Waals surface area contributed by atoms with Crippen LogP contribution >= 0.6 is 0 Å². The SMILES string of the molecule is COCC(=O)C1CC2CCCC(C1)N2Cc1ccccc1. The van der Waals surface area contributed by atoms with Gasteiger partial charge in [-0.05, 0) is 31.2 Å². The molecule has 2 atom stereocenters. The minimum Gasteiger partial charge on any atom is -0.377 e. The fourth-order valence-electron chi connectivity index (χ4n) is 4.05. The number of piperidine rings is 2. The Balaban J connectivity index is 1.69. The van der Waals surface area contributed by atoms with E-state index in [0.29, 0.717) is 17.9 Å². The molecule has 1 aromatic carbocycles. The highest BCUT2D eigenvalue weighted by atomic mass is 16.5. The number of methoxy groups -OCH3 is 1. The maximum atomic E-state index is 12.2. The first-order valence-electron chi connectivity index (χ1n) is 8.09. The lowest BCUT2D eigenvalue weighted by atomic mass is 9.76. The van der Waals surface area contributed by atoms with Crippen LogP contribution in [0.3, 0.4) is 0 Å². The molecule has 0 radical (unpaired) electrons. The van der Waals surface area contributed by atoms with Gasteiger partial charge in [-0.2, -0.15) is 0 Å². The summed E-state index contributed by atoms with van der Waals surface area (Å²) in [4.78, 5) is 14.8. The van der Waals surface area contributed by atoms with Crippen LogP contribution in [-0.4, -0.2) is 36.5 Å². The second kappa shape index (κ2) is 6.71. The molecule has 2 bridgehead atoms. The van der Waals surface area contributed by atoms with Gasteiger partial charge in [0.15, 0.2) is 5.78 Å². The zero-order chi connectivity index (χ0) is 14.7. The molecule has 2 aliphatic heterocycles. The van der Waals surface area contributed by atoms with Crippen molar-refractivity contribution in [3.8, 4) is 0 Å². The summed E-state index contributed by atoms with van der Waals surface area (Å²) in [6, 6.07) is 11.8. The number of Topliss-reactive ketones (excluding diaryl/α,β-unsaturated/α-hetero) is 1. The molecule has 2 heterocycles. The molecule has 2 fully saturated rings. The lowest BCUT2D eigenvalue weighted by Crippen LogP contribution is -2.52. The number of nitrogens with zero attached hydrogens (tertiary/aromatic N) is 1. The van der Waals surface area contributed by atoms with Gasteiger partial charge in [-0.3, -0.25) is 9.69 Å². The minimum absolute atomic E-state index is 0.215. The van der Waals surface area contributed by atoms with E-state index >= 15 is 0 Å². The Morgan fingerprint density at radius 2 is 1.86 bits per heavy atom. The zero-order valence-corrected chi connectivity index (χ0v) is 12.8. The Kier molecular flexibility index (Phi) is 4.71. The Morgan fingerprint density at radius 1 is 1.19 bits per heavy atom. The number of rotatable bonds is 5. The van der Waals surface area contributed by atoms with Crippen LogP contribution < -0.4 is 0 Å². The van der Waals surface area contributed by atoms with Crippen molar-refractivity contribution in [2.24, 2.45) is 5.92 Å². The zero-order valence-electron chi connectivity index (χ0n) is 12.8. The molecule has 0 aromatic heterocycles. The van der Waals surface area contributed by atoms with Crippen molar-refractivity contribution in [3.63, 3.8) is 0 Å². The Bertz CT molecular complexity index is 459. The van der Waals surface area contributed by atoms with Gasteiger partial charge < -0.3 is 4.74 Å². The molecule has 3 heteroatoms. The lowest BCUT2D eigenvalue weighted by molar-refractivity contribution is -0.131. The molecule has 0 spiro atoms. The van der Waals surface area contributed by atoms with E-state index in [1.165, 1.54) is 24.8 Å². The first-order chi connectivity index (χ1) is 10.3. The molecule has 0 aliphatic carbocycles. The molecule has 3 nitrogen and oxygen atoms in total. The van der Waals surface area contributed by atoms with Gasteiger partial charge in [-0.25, -0.2) is 0 Å². The van der Waals surface area contributed by atoms with E-state index in [4.69, 9.17) is 4.74 Å². The highest BCUT2D eigenvalue weighted by Gasteiger charge is 2.40. The molecule has 0 amide bonds. The van der Waals surface area contributed by atoms with Gasteiger partial charge in [0.05, 0.1) is 0 Å². The Labute approximate surface area is 127 Å². The van der Waals surface area contributed by atoms with Crippen LogP contribution in [0.15, 0.2) is 30.3 Å². The fraction of sp³-hybridized carbons (Fsp3) is 0.611. The molecule has 2 aliphatic rings. The smallest absolute Gasteiger partial charge is 0.161 e. The van der Waals surface area contributed by atoms with Gasteiger partial charge in [0.1, 0.15) is 6.61 Å². The number of ketones is 1. The van der Waals surface area contributed by atoms with Gasteiger partial charge in [0.25, 0.3) is 0 Å². The monoisotopic (exact) mass is 287 g/mol. The van der Waals surface area contributed by atoms with Crippen LogP contribution in [0.2, 0.25) is 0 Å². The first-order valence-corrected chi connectivity index (χ1v) is 8.09. The first kappa shape index (κ1) is 14.7. The van der Waals surface area contributed by atoms with Gasteiger partial charge in [-0.15, -0.1) is 0 Å². The third-order valence-electron chi connectivity index (χ3n) is 5.08. The quantitative estimate of drug-likeness (QED) is 0.833. The number of hydrogen-bond acceptors (Lipinski definition) is 3. The van der Waals surface area contributed by atoms with Gasteiger partial charge in [-0.1, -0.05) is 36.8 Å². The van der Waals surface area contributed by atoms with Gasteiger partial charge >= 0.3 is 0 Å². The van der Waals surface area contributed by atoms with Crippen molar-refractivity contribution in [2.75, 3.05) is 13.7 Å². The summed E-state index contributed by atoms with van der Waals surface area (Å²) in [6.45, 7) is 1.31. The van der Waals surface area contributed by atoms with Crippen molar-refractivity contribution in [1.82, 2.24) is 4.90 Å². The van der Waals surface area contributed by atoms with E-state index in [1.54, 1.807) is 7.11 Å². The standard InChI is InChI=1S/C18H25NO2/c1-21-13-18(20)15-10-16-8-5-9-17(11-15)19(16)12-14-6-3-2-4-7-14/h2-4,6-7,15-17H,5,8-13H2,1H3. The van der Waals surface area contributed by atoms with Crippen molar-refractivity contribution < 1.29 is 9.53 Å². The average Bonchev–Trinajstić information content (AvgIpc) is 2.48. The van der Waals surface area contributed by atoms with Crippen molar-refractivity contribution >= 4 is 5.78 Å². The Morgan fingerprint density at radius 3 is 2.48 bits per heavy atom. The van der Waals surface area contributed by atoms with E-state index in [-0.39, 0.29) is 12.5 Å². The lowest BCUT2D eigenvalue weighted by Gasteiger charge is -2.48. The van der Waals surface area contributed by atoms with Crippen LogP contribution in [-0.2, 0) is 16.1 Å². The fourth-order valence-corrected chi connectivity index (χ4v) is 4.05. The molecule has 114 valence electrons. The molecule has 2 unspecified atom stereocenters. The molecule has 3 rings (SSSR count). The second-order valence-electron chi connectivity index (χ2n) is 6.46. The van der Waals surface area contributed by atoms with E-state index in [2.05, 4.69) is 35.2 Å². The Hall–Kier alpha value is -1.19. The summed E-state index contributed by atoms with van der Waals surface area (Å²) in [6.07, 6.45) is 5.82. The van der Waals surface area contributed by atoms with Crippen LogP contribution in [0.1, 0.15) is 37.7 Å². The van der Waals surface area contributed by atoms with Crippen LogP contribution in [0.25, 0.3) is 0 Å². The van der Waals surface area contributed by atoms with E-state index < -0.39 is 0 Å². The summed E-state index contributed by atoms with van der Waals surface area (Å²) < 4.78 is 5.04. The number of benzene rings is 1. The van der Waals surface area contributed by atoms with Gasteiger partial charge in [0, 0.05) is 31.7 Å². The van der Waals surface area contributed by atoms with Crippen molar-refractivity contribution in [1.29, 1.82) is 0 Å². The number of carbonyl (C=O) groups excluding carboxylic acids is 1. The predicted octanol–water partition coefficient (Wildman–Crippen LogP) is 3.04. The number of fused-ring (bicyclic) bond motifs is 2. The molecule has 1 aromatic rings. The van der Waals surface area contributed by atoms with E-state index in [9.17, 15) is 4.79 Å². The summed E-state index contributed by atoms with van der Waals surface area (Å²) in [5, 5.41) is 0. The maximum absolute atomic E-state index is 12.2. The summed E-state index contributed by atoms with van der Waals surface area (Å²) in [5.41, 5.74) is 1.39. The van der Waals surface area contributed by atoms with E-state index in [1.807, 2.05) is 0 Å². The summed E-state index contributed by atoms with van der Waals surface area (Å²) in [5.74, 6) is 0.515. The summed E-state index contributed by atoms with van der Waals surface area (Å²) in [7, 11) is 1.61. The maximum Gasteiger partial charge on any atom is 0.161 e. The third-order valence-corrected chi connectivity index (χ3v) is 5.08. The van der Waals surface area contributed by atoms with E-state index in [0.717, 1.165) is 19.4 Å². The normalized spacial score (nSPS) is 29.3. The predicted molar refractivity (Wildman–Crippen MR) is 83.0 cm³/mol. The summed E-state index contributed by atoms with van der Waals surface area (Å²) >= 11 is 0. The van der Waals surface area contributed by atoms with Gasteiger partial charge in [0.2, 0.25) is 0 Å². The molecule has 2 saturated heterocycles. The molecular weight excluding hydrogens is 262 g/mol. The third kappa shape index (κ3) is 3.35. The molecule has 0 N–H and O–H groups in total. The minimum atomic E-state index is 0.215. The van der Waals surface area contributed by atoms with Crippen LogP contribution in [0, 0.1) is 5.92 Å². The number of ether oxygens (including phenoxy) is 1. The van der Waals surface area contributed by atoms with Crippen LogP contribution in [0.5, 0.6) is 0 Å². The van der Waals surface area contributed by atoms with Crippen molar-refractivity contribution in [2.45, 2.75) is 50.7 Å². The second-order valence-corrected chi connectivity index (χ2v) is 6.46. The largest absolute Gasteiger partial charge is 0.377 e. The molecular formula is C18H25NO2. The topological polar surface area (TPSA) is 29.5 Å². The number of hydrogen-bond donors (Lipinski definition) is 0. The molecule has 0 saturated carbocycles. The van der Waals surface area contributed by atoms with Crippen LogP contribution in [0.4, 0.5) is 0 Å². The highest BCUT2D eigenvalue weighted by molar-refractivity contribution is 5.82. The highest BCUT2D eigenvalue weighted by Crippen LogP contribution is 2.38. The molecule has 21 heavy (non-hydrogen) atoms. The average molecular weight is 287 g/mol. The van der Waals surface area contributed by atoms with Crippen molar-refractivity contribution in [3.05, 3.63) is 35.9 Å². The number of carbonyl (C=O) groups is 1.